The van der Waals surface area contributed by atoms with E-state index in [-0.39, 0.29) is 47.2 Å². The van der Waals surface area contributed by atoms with Crippen LogP contribution in [0.2, 0.25) is 0 Å². The number of piperidine rings is 1. The van der Waals surface area contributed by atoms with Gasteiger partial charge in [-0.05, 0) is 76.1 Å². The van der Waals surface area contributed by atoms with Crippen LogP contribution in [0.4, 0.5) is 5.69 Å². The van der Waals surface area contributed by atoms with Gasteiger partial charge in [-0.15, -0.1) is 0 Å². The van der Waals surface area contributed by atoms with Crippen molar-refractivity contribution < 1.29 is 18.0 Å². The second-order valence-electron chi connectivity index (χ2n) is 9.35. The van der Waals surface area contributed by atoms with Crippen LogP contribution in [0.1, 0.15) is 58.4 Å². The van der Waals surface area contributed by atoms with Gasteiger partial charge in [0.25, 0.3) is 0 Å². The molecule has 2 heterocycles. The Labute approximate surface area is 185 Å². The fourth-order valence-corrected chi connectivity index (χ4v) is 6.19. The number of amides is 2. The quantitative estimate of drug-likeness (QED) is 0.726. The summed E-state index contributed by atoms with van der Waals surface area (Å²) in [5, 5.41) is 2.98. The van der Waals surface area contributed by atoms with Gasteiger partial charge in [-0.25, -0.2) is 8.42 Å². The molecule has 1 aliphatic carbocycles. The molecule has 170 valence electrons. The maximum Gasteiger partial charge on any atom is 0.243 e. The van der Waals surface area contributed by atoms with Gasteiger partial charge in [-0.2, -0.15) is 4.31 Å². The predicted molar refractivity (Wildman–Crippen MR) is 119 cm³/mol. The molecule has 1 aromatic rings. The van der Waals surface area contributed by atoms with Gasteiger partial charge in [0.15, 0.2) is 0 Å². The molecule has 4 rings (SSSR count). The van der Waals surface area contributed by atoms with Gasteiger partial charge in [-0.3, -0.25) is 9.59 Å². The first-order valence-electron chi connectivity index (χ1n) is 11.5. The maximum absolute atomic E-state index is 13.4. The number of hydrogen-bond donors (Lipinski definition) is 1. The van der Waals surface area contributed by atoms with Crippen LogP contribution in [0.5, 0.6) is 0 Å². The Hall–Kier alpha value is -1.93. The molecule has 2 aliphatic heterocycles. The second-order valence-corrected chi connectivity index (χ2v) is 11.3. The zero-order valence-electron chi connectivity index (χ0n) is 18.6. The minimum absolute atomic E-state index is 0.0460. The molecule has 2 amide bonds. The Balaban J connectivity index is 1.52. The van der Waals surface area contributed by atoms with Gasteiger partial charge >= 0.3 is 0 Å². The molecule has 2 fully saturated rings. The van der Waals surface area contributed by atoms with Crippen molar-refractivity contribution in [1.29, 1.82) is 0 Å². The molecule has 8 heteroatoms. The van der Waals surface area contributed by atoms with Crippen LogP contribution in [0, 0.1) is 11.8 Å². The SMILES string of the molecule is CC[C@H](C)NC(=O)[C@@H]1CCCN(S(=O)(=O)c2ccc3c(c2)C[C@@H](C)N3C(=O)C2CC2)C1. The molecular formula is C23H33N3O4S. The van der Waals surface area contributed by atoms with Gasteiger partial charge in [-0.1, -0.05) is 6.92 Å². The van der Waals surface area contributed by atoms with Crippen LogP contribution in [0.25, 0.3) is 0 Å². The standard InChI is InChI=1S/C23H33N3O4S/c1-4-15(2)24-22(27)18-6-5-11-25(14-18)31(29,30)20-9-10-21-19(13-20)12-16(3)26(21)23(28)17-7-8-17/h9-10,13,15-18H,4-8,11-12,14H2,1-3H3,(H,24,27)/t15-,16+,18+/m0/s1. The highest BCUT2D eigenvalue weighted by Crippen LogP contribution is 2.40. The third-order valence-corrected chi connectivity index (χ3v) is 8.69. The fourth-order valence-electron chi connectivity index (χ4n) is 4.62. The van der Waals surface area contributed by atoms with E-state index in [1.54, 1.807) is 18.2 Å². The van der Waals surface area contributed by atoms with Gasteiger partial charge in [0.2, 0.25) is 21.8 Å². The van der Waals surface area contributed by atoms with Gasteiger partial charge in [0.1, 0.15) is 0 Å². The number of hydrogen-bond acceptors (Lipinski definition) is 4. The molecule has 0 aromatic heterocycles. The molecule has 3 aliphatic rings. The molecule has 1 saturated carbocycles. The third kappa shape index (κ3) is 4.37. The van der Waals surface area contributed by atoms with Crippen molar-refractivity contribution in [2.75, 3.05) is 18.0 Å². The summed E-state index contributed by atoms with van der Waals surface area (Å²) in [6.45, 7) is 6.62. The van der Waals surface area contributed by atoms with Crippen LogP contribution in [0.15, 0.2) is 23.1 Å². The number of rotatable bonds is 6. The lowest BCUT2D eigenvalue weighted by Gasteiger charge is -2.32. The average molecular weight is 448 g/mol. The van der Waals surface area contributed by atoms with E-state index in [1.165, 1.54) is 4.31 Å². The van der Waals surface area contributed by atoms with Crippen LogP contribution in [-0.2, 0) is 26.0 Å². The van der Waals surface area contributed by atoms with Crippen molar-refractivity contribution in [3.63, 3.8) is 0 Å². The first-order valence-corrected chi connectivity index (χ1v) is 12.9. The lowest BCUT2D eigenvalue weighted by Crippen LogP contribution is -2.47. The monoisotopic (exact) mass is 447 g/mol. The average Bonchev–Trinajstić information content (AvgIpc) is 3.55. The number of anilines is 1. The second kappa shape index (κ2) is 8.54. The summed E-state index contributed by atoms with van der Waals surface area (Å²) < 4.78 is 28.2. The van der Waals surface area contributed by atoms with Crippen molar-refractivity contribution in [3.05, 3.63) is 23.8 Å². The Morgan fingerprint density at radius 2 is 1.94 bits per heavy atom. The minimum Gasteiger partial charge on any atom is -0.353 e. The molecule has 0 bridgehead atoms. The van der Waals surface area contributed by atoms with Crippen molar-refractivity contribution >= 4 is 27.5 Å². The van der Waals surface area contributed by atoms with E-state index in [1.807, 2.05) is 25.7 Å². The van der Waals surface area contributed by atoms with Crippen LogP contribution >= 0.6 is 0 Å². The number of nitrogens with one attached hydrogen (secondary N) is 1. The fraction of sp³-hybridized carbons (Fsp3) is 0.652. The van der Waals surface area contributed by atoms with Crippen LogP contribution in [-0.4, -0.2) is 49.7 Å². The summed E-state index contributed by atoms with van der Waals surface area (Å²) in [6, 6.07) is 5.25. The van der Waals surface area contributed by atoms with E-state index in [4.69, 9.17) is 0 Å². The number of benzene rings is 1. The number of nitrogens with zero attached hydrogens (tertiary/aromatic N) is 2. The highest BCUT2D eigenvalue weighted by molar-refractivity contribution is 7.89. The largest absolute Gasteiger partial charge is 0.353 e. The van der Waals surface area contributed by atoms with Crippen molar-refractivity contribution in [1.82, 2.24) is 9.62 Å². The van der Waals surface area contributed by atoms with E-state index in [9.17, 15) is 18.0 Å². The van der Waals surface area contributed by atoms with Gasteiger partial charge in [0, 0.05) is 36.8 Å². The maximum atomic E-state index is 13.4. The third-order valence-electron chi connectivity index (χ3n) is 6.82. The zero-order valence-corrected chi connectivity index (χ0v) is 19.5. The summed E-state index contributed by atoms with van der Waals surface area (Å²) >= 11 is 0. The van der Waals surface area contributed by atoms with E-state index < -0.39 is 10.0 Å². The summed E-state index contributed by atoms with van der Waals surface area (Å²) in [6.07, 6.45) is 4.78. The molecule has 0 unspecified atom stereocenters. The Morgan fingerprint density at radius 3 is 2.61 bits per heavy atom. The molecular weight excluding hydrogens is 414 g/mol. The number of carbonyl (C=O) groups excluding carboxylic acids is 2. The molecule has 0 spiro atoms. The first kappa shape index (κ1) is 22.3. The molecule has 31 heavy (non-hydrogen) atoms. The number of carbonyl (C=O) groups is 2. The lowest BCUT2D eigenvalue weighted by molar-refractivity contribution is -0.126. The normalized spacial score (nSPS) is 25.2. The van der Waals surface area contributed by atoms with E-state index in [0.717, 1.165) is 30.5 Å². The Kier molecular flexibility index (Phi) is 6.14. The molecule has 0 radical (unpaired) electrons. The topological polar surface area (TPSA) is 86.8 Å². The highest BCUT2D eigenvalue weighted by Gasteiger charge is 2.40. The zero-order chi connectivity index (χ0) is 22.3. The number of fused-ring (bicyclic) bond motifs is 1. The lowest BCUT2D eigenvalue weighted by atomic mass is 9.98. The van der Waals surface area contributed by atoms with Crippen molar-refractivity contribution in [2.45, 2.75) is 76.3 Å². The minimum atomic E-state index is -3.69. The molecule has 3 atom stereocenters. The molecule has 1 aromatic carbocycles. The Bertz CT molecular complexity index is 973. The number of sulfonamides is 1. The molecule has 7 nitrogen and oxygen atoms in total. The first-order chi connectivity index (χ1) is 14.7. The summed E-state index contributed by atoms with van der Waals surface area (Å²) in [4.78, 5) is 27.3. The van der Waals surface area contributed by atoms with Crippen molar-refractivity contribution in [2.24, 2.45) is 11.8 Å². The molecule has 1 N–H and O–H groups in total. The van der Waals surface area contributed by atoms with Gasteiger partial charge < -0.3 is 10.2 Å². The highest BCUT2D eigenvalue weighted by atomic mass is 32.2. The smallest absolute Gasteiger partial charge is 0.243 e. The van der Waals surface area contributed by atoms with Gasteiger partial charge in [0.05, 0.1) is 10.8 Å². The van der Waals surface area contributed by atoms with Crippen molar-refractivity contribution in [3.8, 4) is 0 Å². The van der Waals surface area contributed by atoms with E-state index in [2.05, 4.69) is 5.32 Å². The summed E-state index contributed by atoms with van der Waals surface area (Å²) in [5.74, 6) is -0.0957. The molecule has 1 saturated heterocycles. The van der Waals surface area contributed by atoms with Crippen LogP contribution < -0.4 is 10.2 Å². The summed E-state index contributed by atoms with van der Waals surface area (Å²) in [5.41, 5.74) is 1.75. The summed E-state index contributed by atoms with van der Waals surface area (Å²) in [7, 11) is -3.69. The van der Waals surface area contributed by atoms with Crippen LogP contribution in [0.3, 0.4) is 0 Å². The van der Waals surface area contributed by atoms with E-state index >= 15 is 0 Å². The Morgan fingerprint density at radius 1 is 1.19 bits per heavy atom. The van der Waals surface area contributed by atoms with E-state index in [0.29, 0.717) is 25.8 Å². The predicted octanol–water partition coefficient (Wildman–Crippen LogP) is 2.69.